The number of hydrogen-bond acceptors (Lipinski definition) is 10. The maximum atomic E-state index is 16.9. The van der Waals surface area contributed by atoms with Crippen molar-refractivity contribution in [2.75, 3.05) is 37.4 Å². The van der Waals surface area contributed by atoms with Crippen LogP contribution >= 0.6 is 11.3 Å². The van der Waals surface area contributed by atoms with E-state index in [4.69, 9.17) is 20.2 Å². The molecular weight excluding hydrogens is 543 g/mol. The summed E-state index contributed by atoms with van der Waals surface area (Å²) in [6, 6.07) is 8.24. The molecule has 11 heteroatoms. The van der Waals surface area contributed by atoms with Crippen molar-refractivity contribution in [3.63, 3.8) is 0 Å². The number of benzene rings is 2. The van der Waals surface area contributed by atoms with Crippen molar-refractivity contribution in [1.82, 2.24) is 14.9 Å². The van der Waals surface area contributed by atoms with Gasteiger partial charge in [0.05, 0.1) is 36.9 Å². The summed E-state index contributed by atoms with van der Waals surface area (Å²) in [5.74, 6) is 0.186. The molecule has 0 amide bonds. The minimum absolute atomic E-state index is 0.102. The highest BCUT2D eigenvalue weighted by atomic mass is 32.1. The van der Waals surface area contributed by atoms with Crippen LogP contribution in [0.1, 0.15) is 43.4 Å². The fourth-order valence-corrected chi connectivity index (χ4v) is 8.00. The molecule has 2 unspecified atom stereocenters. The lowest BCUT2D eigenvalue weighted by Crippen LogP contribution is -2.56. The maximum Gasteiger partial charge on any atom is 0.318 e. The summed E-state index contributed by atoms with van der Waals surface area (Å²) in [6.07, 6.45) is 1.97. The van der Waals surface area contributed by atoms with Gasteiger partial charge in [-0.3, -0.25) is 4.90 Å². The molecule has 2 fully saturated rings. The van der Waals surface area contributed by atoms with Crippen molar-refractivity contribution in [2.45, 2.75) is 57.6 Å². The van der Waals surface area contributed by atoms with Crippen LogP contribution in [0.25, 0.3) is 32.1 Å². The Hall–Kier alpha value is -3.56. The number of likely N-dealkylation sites (tertiary alicyclic amines) is 1. The van der Waals surface area contributed by atoms with Crippen LogP contribution < -0.4 is 15.4 Å². The summed E-state index contributed by atoms with van der Waals surface area (Å²) in [7, 11) is 1.49. The number of halogens is 1. The third-order valence-corrected chi connectivity index (χ3v) is 9.46. The summed E-state index contributed by atoms with van der Waals surface area (Å²) in [5, 5.41) is 22.0. The van der Waals surface area contributed by atoms with Gasteiger partial charge < -0.3 is 25.2 Å². The predicted molar refractivity (Wildman–Crippen MR) is 157 cm³/mol. The molecule has 3 aliphatic heterocycles. The number of nitrogens with two attached hydrogens (primary N) is 1. The van der Waals surface area contributed by atoms with Crippen molar-refractivity contribution in [2.24, 2.45) is 0 Å². The fourth-order valence-electron chi connectivity index (χ4n) is 7.05. The minimum atomic E-state index is -0.786. The van der Waals surface area contributed by atoms with E-state index in [1.54, 1.807) is 0 Å². The average Bonchev–Trinajstić information content (AvgIpc) is 3.61. The molecule has 212 valence electrons. The Labute approximate surface area is 240 Å². The molecule has 3 N–H and O–H groups in total. The van der Waals surface area contributed by atoms with Gasteiger partial charge in [-0.1, -0.05) is 12.1 Å². The number of anilines is 2. The van der Waals surface area contributed by atoms with Crippen molar-refractivity contribution in [3.05, 3.63) is 40.7 Å². The maximum absolute atomic E-state index is 16.9. The highest BCUT2D eigenvalue weighted by molar-refractivity contribution is 7.23. The Balaban J connectivity index is 1.45. The third-order valence-electron chi connectivity index (χ3n) is 8.48. The van der Waals surface area contributed by atoms with Crippen LogP contribution in [0.3, 0.4) is 0 Å². The predicted octanol–water partition coefficient (Wildman–Crippen LogP) is 4.57. The minimum Gasteiger partial charge on any atom is -0.467 e. The van der Waals surface area contributed by atoms with E-state index in [1.165, 1.54) is 18.4 Å². The molecule has 9 nitrogen and oxygen atoms in total. The van der Waals surface area contributed by atoms with Gasteiger partial charge in [0.2, 0.25) is 0 Å². The Morgan fingerprint density at radius 3 is 2.61 bits per heavy atom. The van der Waals surface area contributed by atoms with Crippen molar-refractivity contribution < 1.29 is 19.0 Å². The Bertz CT molecular complexity index is 1750. The van der Waals surface area contributed by atoms with E-state index in [2.05, 4.69) is 20.9 Å². The second kappa shape index (κ2) is 9.49. The number of aromatic nitrogens is 2. The van der Waals surface area contributed by atoms with E-state index in [0.29, 0.717) is 51.4 Å². The molecule has 0 saturated carbocycles. The molecule has 5 heterocycles. The van der Waals surface area contributed by atoms with Crippen LogP contribution in [0.4, 0.5) is 15.2 Å². The molecule has 41 heavy (non-hydrogen) atoms. The molecule has 2 saturated heterocycles. The molecule has 0 spiro atoms. The van der Waals surface area contributed by atoms with Crippen LogP contribution in [0, 0.1) is 17.1 Å². The number of hydrogen-bond donors (Lipinski definition) is 2. The number of piperazine rings is 1. The molecule has 3 aliphatic rings. The van der Waals surface area contributed by atoms with Gasteiger partial charge in [-0.15, -0.1) is 11.3 Å². The summed E-state index contributed by atoms with van der Waals surface area (Å²) in [5.41, 5.74) is 8.54. The first-order chi connectivity index (χ1) is 19.7. The standard InChI is InChI=1S/C30H31FN6O3S/c1-30(2,38)14-36-10-15-7-8-16(11-36)37(15)28-24-20-13-40-12-19(20)23(25(31)26(24)34-29(35-28)39-3)17-5-4-6-21-22(17)18(9-32)27(33)41-21/h4-6,15-16,38H,7-8,10-14,33H2,1-3H3. The second-order valence-corrected chi connectivity index (χ2v) is 12.9. The van der Waals surface area contributed by atoms with Gasteiger partial charge in [0.15, 0.2) is 5.82 Å². The summed E-state index contributed by atoms with van der Waals surface area (Å²) in [6.45, 7) is 6.37. The van der Waals surface area contributed by atoms with Crippen LogP contribution in [0.2, 0.25) is 0 Å². The van der Waals surface area contributed by atoms with Crippen LogP contribution in [0.5, 0.6) is 6.01 Å². The molecule has 7 rings (SSSR count). The molecule has 0 radical (unpaired) electrons. The monoisotopic (exact) mass is 574 g/mol. The lowest BCUT2D eigenvalue weighted by atomic mass is 9.90. The Morgan fingerprint density at radius 1 is 1.20 bits per heavy atom. The molecular formula is C30H31FN6O3S. The average molecular weight is 575 g/mol. The number of rotatable bonds is 5. The molecule has 0 aliphatic carbocycles. The fraction of sp³-hybridized carbons (Fsp3) is 0.433. The highest BCUT2D eigenvalue weighted by Gasteiger charge is 2.43. The van der Waals surface area contributed by atoms with E-state index in [9.17, 15) is 10.4 Å². The largest absolute Gasteiger partial charge is 0.467 e. The molecule has 2 bridgehead atoms. The van der Waals surface area contributed by atoms with E-state index in [1.807, 2.05) is 32.0 Å². The van der Waals surface area contributed by atoms with Crippen molar-refractivity contribution in [1.29, 1.82) is 5.26 Å². The van der Waals surface area contributed by atoms with Crippen molar-refractivity contribution in [3.8, 4) is 23.2 Å². The zero-order valence-electron chi connectivity index (χ0n) is 23.2. The SMILES string of the molecule is COc1nc(N2C3CCC2CN(CC(C)(C)O)C3)c2c3c(c(-c4cccc5sc(N)c(C#N)c45)c(F)c2n1)COC3. The first-order valence-corrected chi connectivity index (χ1v) is 14.6. The van der Waals surface area contributed by atoms with Gasteiger partial charge in [-0.2, -0.15) is 15.2 Å². The number of aliphatic hydroxyl groups is 1. The van der Waals surface area contributed by atoms with Gasteiger partial charge in [0.25, 0.3) is 0 Å². The third kappa shape index (κ3) is 4.12. The quantitative estimate of drug-likeness (QED) is 0.353. The Kier molecular flexibility index (Phi) is 6.10. The van der Waals surface area contributed by atoms with Gasteiger partial charge in [-0.05, 0) is 49.4 Å². The lowest BCUT2D eigenvalue weighted by Gasteiger charge is -2.43. The second-order valence-electron chi connectivity index (χ2n) is 11.8. The first-order valence-electron chi connectivity index (χ1n) is 13.8. The van der Waals surface area contributed by atoms with Gasteiger partial charge in [-0.25, -0.2) is 4.39 Å². The number of β-amino-alcohol motifs (C(OH)–C–C–N with tert-alkyl or cyclic N) is 1. The van der Waals surface area contributed by atoms with Crippen molar-refractivity contribution >= 4 is 43.1 Å². The summed E-state index contributed by atoms with van der Waals surface area (Å²) >= 11 is 1.32. The normalized spacial score (nSPS) is 20.6. The number of thiophene rings is 1. The van der Waals surface area contributed by atoms with E-state index < -0.39 is 11.4 Å². The smallest absolute Gasteiger partial charge is 0.318 e. The van der Waals surface area contributed by atoms with Crippen LogP contribution in [-0.2, 0) is 18.0 Å². The Morgan fingerprint density at radius 2 is 1.93 bits per heavy atom. The van der Waals surface area contributed by atoms with Gasteiger partial charge >= 0.3 is 6.01 Å². The summed E-state index contributed by atoms with van der Waals surface area (Å²) < 4.78 is 29.2. The van der Waals surface area contributed by atoms with Gasteiger partial charge in [0, 0.05) is 47.4 Å². The first kappa shape index (κ1) is 26.3. The number of nitriles is 1. The van der Waals surface area contributed by atoms with E-state index in [-0.39, 0.29) is 30.2 Å². The van der Waals surface area contributed by atoms with Gasteiger partial charge in [0.1, 0.15) is 22.4 Å². The number of nitrogens with zero attached hydrogens (tertiary/aromatic N) is 5. The van der Waals surface area contributed by atoms with Crippen LogP contribution in [-0.4, -0.2) is 64.4 Å². The van der Waals surface area contributed by atoms with Crippen LogP contribution in [0.15, 0.2) is 18.2 Å². The topological polar surface area (TPSA) is 121 Å². The molecule has 2 atom stereocenters. The van der Waals surface area contributed by atoms with E-state index in [0.717, 1.165) is 41.8 Å². The highest BCUT2D eigenvalue weighted by Crippen LogP contribution is 2.48. The summed E-state index contributed by atoms with van der Waals surface area (Å²) in [4.78, 5) is 14.0. The number of ether oxygens (including phenoxy) is 2. The van der Waals surface area contributed by atoms with E-state index >= 15 is 4.39 Å². The number of nitrogen functional groups attached to an aromatic ring is 1. The lowest BCUT2D eigenvalue weighted by molar-refractivity contribution is 0.0292. The zero-order valence-corrected chi connectivity index (χ0v) is 24.0. The molecule has 2 aromatic heterocycles. The number of methoxy groups -OCH3 is 1. The molecule has 4 aromatic rings. The zero-order chi connectivity index (χ0) is 28.6. The number of fused-ring (bicyclic) bond motifs is 6. The molecule has 2 aromatic carbocycles.